The largest absolute Gasteiger partial charge is 0.348 e. The molecule has 1 aromatic heterocycles. The maximum atomic E-state index is 13.0. The SMILES string of the molecule is CC(C)CN1C(=O)c2ccc(C(=O)N3CCC(NC(=O)c4ccccn4)CC3)cc2C1=O. The number of hydrogen-bond donors (Lipinski definition) is 1. The van der Waals surface area contributed by atoms with Gasteiger partial charge in [0.25, 0.3) is 23.6 Å². The van der Waals surface area contributed by atoms with Gasteiger partial charge in [0.15, 0.2) is 0 Å². The fourth-order valence-corrected chi connectivity index (χ4v) is 4.12. The average Bonchev–Trinajstić information content (AvgIpc) is 3.03. The topological polar surface area (TPSA) is 99.7 Å². The van der Waals surface area contributed by atoms with Crippen LogP contribution in [0.15, 0.2) is 42.6 Å². The van der Waals surface area contributed by atoms with Crippen molar-refractivity contribution >= 4 is 23.6 Å². The Morgan fingerprint density at radius 3 is 2.44 bits per heavy atom. The number of fused-ring (bicyclic) bond motifs is 1. The quantitative estimate of drug-likeness (QED) is 0.729. The predicted molar refractivity (Wildman–Crippen MR) is 117 cm³/mol. The third-order valence-electron chi connectivity index (χ3n) is 5.78. The first-order chi connectivity index (χ1) is 15.3. The van der Waals surface area contributed by atoms with E-state index < -0.39 is 0 Å². The number of nitrogens with one attached hydrogen (secondary N) is 1. The van der Waals surface area contributed by atoms with E-state index in [1.54, 1.807) is 41.4 Å². The molecule has 1 aromatic carbocycles. The van der Waals surface area contributed by atoms with Gasteiger partial charge >= 0.3 is 0 Å². The first-order valence-corrected chi connectivity index (χ1v) is 10.9. The smallest absolute Gasteiger partial charge is 0.270 e. The Kier molecular flexibility index (Phi) is 6.03. The van der Waals surface area contributed by atoms with Crippen LogP contribution < -0.4 is 5.32 Å². The summed E-state index contributed by atoms with van der Waals surface area (Å²) in [7, 11) is 0. The molecule has 2 aliphatic rings. The van der Waals surface area contributed by atoms with Crippen molar-refractivity contribution in [3.8, 4) is 0 Å². The summed E-state index contributed by atoms with van der Waals surface area (Å²) in [6, 6.07) is 9.87. The van der Waals surface area contributed by atoms with Crippen LogP contribution in [0.4, 0.5) is 0 Å². The van der Waals surface area contributed by atoms with Crippen molar-refractivity contribution in [2.24, 2.45) is 5.92 Å². The second-order valence-electron chi connectivity index (χ2n) is 8.63. The van der Waals surface area contributed by atoms with Crippen LogP contribution in [0, 0.1) is 5.92 Å². The Balaban J connectivity index is 1.38. The molecule has 0 radical (unpaired) electrons. The fraction of sp³-hybridized carbons (Fsp3) is 0.375. The predicted octanol–water partition coefficient (Wildman–Crippen LogP) is 2.37. The highest BCUT2D eigenvalue weighted by atomic mass is 16.2. The molecule has 4 amide bonds. The minimum absolute atomic E-state index is 0.0302. The maximum Gasteiger partial charge on any atom is 0.270 e. The van der Waals surface area contributed by atoms with Gasteiger partial charge in [-0.3, -0.25) is 29.1 Å². The second-order valence-corrected chi connectivity index (χ2v) is 8.63. The summed E-state index contributed by atoms with van der Waals surface area (Å²) < 4.78 is 0. The van der Waals surface area contributed by atoms with Crippen molar-refractivity contribution in [1.82, 2.24) is 20.1 Å². The number of carbonyl (C=O) groups excluding carboxylic acids is 4. The van der Waals surface area contributed by atoms with E-state index in [1.165, 1.54) is 11.0 Å². The molecule has 0 atom stereocenters. The Morgan fingerprint density at radius 1 is 1.06 bits per heavy atom. The summed E-state index contributed by atoms with van der Waals surface area (Å²) in [5.74, 6) is -0.878. The Morgan fingerprint density at radius 2 is 1.78 bits per heavy atom. The van der Waals surface area contributed by atoms with E-state index >= 15 is 0 Å². The molecule has 0 saturated carbocycles. The zero-order chi connectivity index (χ0) is 22.8. The highest BCUT2D eigenvalue weighted by Crippen LogP contribution is 2.26. The van der Waals surface area contributed by atoms with Crippen molar-refractivity contribution < 1.29 is 19.2 Å². The Hall–Kier alpha value is -3.55. The molecule has 8 nitrogen and oxygen atoms in total. The third-order valence-corrected chi connectivity index (χ3v) is 5.78. The molecule has 2 aromatic rings. The van der Waals surface area contributed by atoms with Crippen LogP contribution in [0.2, 0.25) is 0 Å². The molecule has 0 aliphatic carbocycles. The van der Waals surface area contributed by atoms with Gasteiger partial charge in [0.2, 0.25) is 0 Å². The molecule has 1 fully saturated rings. The number of amides is 4. The van der Waals surface area contributed by atoms with Gasteiger partial charge in [-0.1, -0.05) is 19.9 Å². The maximum absolute atomic E-state index is 13.0. The number of aromatic nitrogens is 1. The first-order valence-electron chi connectivity index (χ1n) is 10.9. The molecule has 166 valence electrons. The molecular weight excluding hydrogens is 408 g/mol. The molecule has 0 unspecified atom stereocenters. The van der Waals surface area contributed by atoms with Crippen molar-refractivity contribution in [3.63, 3.8) is 0 Å². The normalized spacial score (nSPS) is 16.5. The number of hydrogen-bond acceptors (Lipinski definition) is 5. The third kappa shape index (κ3) is 4.26. The van der Waals surface area contributed by atoms with Crippen LogP contribution in [-0.4, -0.2) is 64.1 Å². The molecular formula is C24H26N4O4. The summed E-state index contributed by atoms with van der Waals surface area (Å²) in [4.78, 5) is 57.5. The van der Waals surface area contributed by atoms with Gasteiger partial charge in [-0.2, -0.15) is 0 Å². The number of benzene rings is 1. The second kappa shape index (κ2) is 8.90. The molecule has 1 saturated heterocycles. The van der Waals surface area contributed by atoms with E-state index in [9.17, 15) is 19.2 Å². The van der Waals surface area contributed by atoms with Gasteiger partial charge in [-0.15, -0.1) is 0 Å². The zero-order valence-electron chi connectivity index (χ0n) is 18.2. The highest BCUT2D eigenvalue weighted by molar-refractivity contribution is 6.22. The average molecular weight is 434 g/mol. The van der Waals surface area contributed by atoms with E-state index in [1.807, 2.05) is 13.8 Å². The van der Waals surface area contributed by atoms with Crippen LogP contribution in [0.5, 0.6) is 0 Å². The highest BCUT2D eigenvalue weighted by Gasteiger charge is 2.36. The monoisotopic (exact) mass is 434 g/mol. The number of pyridine rings is 1. The number of carbonyl (C=O) groups is 4. The standard InChI is InChI=1S/C24H26N4O4/c1-15(2)14-28-23(31)18-7-6-16(13-19(18)24(28)32)22(30)27-11-8-17(9-12-27)26-21(29)20-5-3-4-10-25-20/h3-7,10,13,15,17H,8-9,11-12,14H2,1-2H3,(H,26,29). The minimum atomic E-state index is -0.343. The number of nitrogens with zero attached hydrogens (tertiary/aromatic N) is 3. The van der Waals surface area contributed by atoms with Crippen molar-refractivity contribution in [2.75, 3.05) is 19.6 Å². The molecule has 1 N–H and O–H groups in total. The van der Waals surface area contributed by atoms with Gasteiger partial charge in [-0.25, -0.2) is 0 Å². The van der Waals surface area contributed by atoms with E-state index in [2.05, 4.69) is 10.3 Å². The minimum Gasteiger partial charge on any atom is -0.348 e. The molecule has 32 heavy (non-hydrogen) atoms. The summed E-state index contributed by atoms with van der Waals surface area (Å²) >= 11 is 0. The summed E-state index contributed by atoms with van der Waals surface area (Å²) in [5.41, 5.74) is 1.41. The van der Waals surface area contributed by atoms with Crippen molar-refractivity contribution in [1.29, 1.82) is 0 Å². The molecule has 2 aliphatic heterocycles. The number of piperidine rings is 1. The lowest BCUT2D eigenvalue weighted by Crippen LogP contribution is -2.46. The fourth-order valence-electron chi connectivity index (χ4n) is 4.12. The number of rotatable bonds is 5. The van der Waals surface area contributed by atoms with Gasteiger partial charge < -0.3 is 10.2 Å². The van der Waals surface area contributed by atoms with Crippen LogP contribution >= 0.6 is 0 Å². The zero-order valence-corrected chi connectivity index (χ0v) is 18.2. The van der Waals surface area contributed by atoms with E-state index in [4.69, 9.17) is 0 Å². The van der Waals surface area contributed by atoms with Crippen molar-refractivity contribution in [3.05, 3.63) is 65.0 Å². The first kappa shape index (κ1) is 21.7. The van der Waals surface area contributed by atoms with E-state index in [0.717, 1.165) is 0 Å². The molecule has 0 spiro atoms. The van der Waals surface area contributed by atoms with Gasteiger partial charge in [0, 0.05) is 37.4 Å². The number of imide groups is 1. The van der Waals surface area contributed by atoms with E-state index in [0.29, 0.717) is 54.9 Å². The van der Waals surface area contributed by atoms with Gasteiger partial charge in [0.1, 0.15) is 5.69 Å². The molecule has 8 heteroatoms. The van der Waals surface area contributed by atoms with Gasteiger partial charge in [-0.05, 0) is 49.1 Å². The Bertz CT molecular complexity index is 1060. The molecule has 3 heterocycles. The molecule has 0 bridgehead atoms. The lowest BCUT2D eigenvalue weighted by Gasteiger charge is -2.32. The van der Waals surface area contributed by atoms with E-state index in [-0.39, 0.29) is 35.6 Å². The van der Waals surface area contributed by atoms with Gasteiger partial charge in [0.05, 0.1) is 11.1 Å². The molecule has 4 rings (SSSR count). The summed E-state index contributed by atoms with van der Waals surface area (Å²) in [6.07, 6.45) is 2.84. The van der Waals surface area contributed by atoms with Crippen LogP contribution in [-0.2, 0) is 0 Å². The Labute approximate surface area is 186 Å². The number of likely N-dealkylation sites (tertiary alicyclic amines) is 1. The van der Waals surface area contributed by atoms with Crippen LogP contribution in [0.1, 0.15) is 68.3 Å². The van der Waals surface area contributed by atoms with Crippen LogP contribution in [0.25, 0.3) is 0 Å². The lowest BCUT2D eigenvalue weighted by atomic mass is 10.0. The van der Waals surface area contributed by atoms with Crippen LogP contribution in [0.3, 0.4) is 0 Å². The summed E-state index contributed by atoms with van der Waals surface area (Å²) in [5, 5.41) is 2.97. The van der Waals surface area contributed by atoms with Crippen molar-refractivity contribution in [2.45, 2.75) is 32.7 Å². The summed E-state index contributed by atoms with van der Waals surface area (Å²) in [6.45, 7) is 5.24. The lowest BCUT2D eigenvalue weighted by molar-refractivity contribution is 0.0634.